The Bertz CT molecular complexity index is 530. The van der Waals surface area contributed by atoms with Gasteiger partial charge in [-0.1, -0.05) is 35.8 Å². The van der Waals surface area contributed by atoms with Crippen molar-refractivity contribution in [3.8, 4) is 0 Å². The summed E-state index contributed by atoms with van der Waals surface area (Å²) in [4.78, 5) is 6.74. The van der Waals surface area contributed by atoms with E-state index in [1.54, 1.807) is 0 Å². The number of nitrogens with zero attached hydrogens (tertiary/aromatic N) is 3. The Kier molecular flexibility index (Phi) is 6.10. The molecule has 0 amide bonds. The lowest BCUT2D eigenvalue weighted by Crippen LogP contribution is -2.37. The molecule has 7 nitrogen and oxygen atoms in total. The quantitative estimate of drug-likeness (QED) is 0.396. The Hall–Kier alpha value is -0.560. The molecule has 0 saturated carbocycles. The molecular weight excluding hydrogens is 348 g/mol. The van der Waals surface area contributed by atoms with Crippen LogP contribution in [0.5, 0.6) is 0 Å². The van der Waals surface area contributed by atoms with Crippen LogP contribution in [-0.2, 0) is 4.74 Å². The average molecular weight is 365 g/mol. The lowest BCUT2D eigenvalue weighted by molar-refractivity contribution is 0.122. The molecule has 0 radical (unpaired) electrons. The van der Waals surface area contributed by atoms with Gasteiger partial charge < -0.3 is 15.1 Å². The third kappa shape index (κ3) is 4.22. The molecular formula is C10H16N6OS4. The lowest BCUT2D eigenvalue weighted by atomic mass is 10.4. The van der Waals surface area contributed by atoms with Gasteiger partial charge in [0.15, 0.2) is 13.8 Å². The molecule has 2 heterocycles. The Morgan fingerprint density at radius 1 is 1.48 bits per heavy atom. The maximum atomic E-state index is 6.06. The number of aryl methyl sites for hydroxylation is 1. The van der Waals surface area contributed by atoms with Crippen molar-refractivity contribution in [3.63, 3.8) is 0 Å². The van der Waals surface area contributed by atoms with Gasteiger partial charge >= 0.3 is 0 Å². The summed E-state index contributed by atoms with van der Waals surface area (Å²) in [5.74, 6) is 11.3. The van der Waals surface area contributed by atoms with Gasteiger partial charge in [-0.05, 0) is 18.7 Å². The second-order valence-corrected chi connectivity index (χ2v) is 7.42. The molecule has 1 aliphatic rings. The summed E-state index contributed by atoms with van der Waals surface area (Å²) in [5, 5.41) is 3.14. The Morgan fingerprint density at radius 2 is 2.14 bits per heavy atom. The standard InChI is InChI=1S/C10H16N6OS4/c1-6-7(16(12)10(19)21-9(18)14-11)20-8(13-6)15-2-4-17-5-3-15/h2-5,11-12H2,1H3,(H,14,18). The minimum absolute atomic E-state index is 0.367. The van der Waals surface area contributed by atoms with Crippen molar-refractivity contribution in [3.05, 3.63) is 5.69 Å². The molecule has 1 fully saturated rings. The van der Waals surface area contributed by atoms with E-state index in [9.17, 15) is 0 Å². The minimum atomic E-state index is 0.367. The average Bonchev–Trinajstić information content (AvgIpc) is 2.89. The first kappa shape index (κ1) is 16.8. The zero-order chi connectivity index (χ0) is 15.4. The molecule has 5 N–H and O–H groups in total. The number of hydrazine groups is 2. The molecule has 2 rings (SSSR count). The highest BCUT2D eigenvalue weighted by Crippen LogP contribution is 2.34. The van der Waals surface area contributed by atoms with E-state index in [0.29, 0.717) is 21.9 Å². The smallest absolute Gasteiger partial charge is 0.187 e. The van der Waals surface area contributed by atoms with E-state index in [0.717, 1.165) is 40.7 Å². The zero-order valence-corrected chi connectivity index (χ0v) is 14.6. The summed E-state index contributed by atoms with van der Waals surface area (Å²) >= 11 is 12.8. The largest absolute Gasteiger partial charge is 0.378 e. The number of anilines is 2. The molecule has 0 atom stereocenters. The number of thiocarbonyl (C=S) groups is 2. The van der Waals surface area contributed by atoms with Crippen LogP contribution in [0.25, 0.3) is 0 Å². The molecule has 116 valence electrons. The first-order valence-electron chi connectivity index (χ1n) is 6.10. The number of hydrogen-bond acceptors (Lipinski definition) is 9. The number of nitrogens with one attached hydrogen (secondary N) is 1. The predicted octanol–water partition coefficient (Wildman–Crippen LogP) is 0.735. The van der Waals surface area contributed by atoms with E-state index >= 15 is 0 Å². The number of ether oxygens (including phenoxy) is 1. The van der Waals surface area contributed by atoms with Gasteiger partial charge in [0.2, 0.25) is 0 Å². The maximum Gasteiger partial charge on any atom is 0.187 e. The van der Waals surface area contributed by atoms with Crippen molar-refractivity contribution >= 4 is 66.3 Å². The van der Waals surface area contributed by atoms with Gasteiger partial charge in [0.1, 0.15) is 5.00 Å². The van der Waals surface area contributed by atoms with Crippen molar-refractivity contribution in [2.75, 3.05) is 36.2 Å². The van der Waals surface area contributed by atoms with E-state index in [2.05, 4.69) is 15.3 Å². The monoisotopic (exact) mass is 364 g/mol. The van der Waals surface area contributed by atoms with Gasteiger partial charge in [-0.15, -0.1) is 0 Å². The highest BCUT2D eigenvalue weighted by Gasteiger charge is 2.21. The maximum absolute atomic E-state index is 6.06. The van der Waals surface area contributed by atoms with Crippen LogP contribution in [0.15, 0.2) is 0 Å². The summed E-state index contributed by atoms with van der Waals surface area (Å²) in [6, 6.07) is 0. The first-order valence-corrected chi connectivity index (χ1v) is 8.55. The zero-order valence-electron chi connectivity index (χ0n) is 11.4. The van der Waals surface area contributed by atoms with Gasteiger partial charge in [0.05, 0.1) is 18.9 Å². The molecule has 0 bridgehead atoms. The van der Waals surface area contributed by atoms with Crippen molar-refractivity contribution in [1.82, 2.24) is 10.4 Å². The fraction of sp³-hybridized carbons (Fsp3) is 0.500. The van der Waals surface area contributed by atoms with Crippen LogP contribution in [-0.4, -0.2) is 39.9 Å². The summed E-state index contributed by atoms with van der Waals surface area (Å²) in [7, 11) is 0. The van der Waals surface area contributed by atoms with Crippen molar-refractivity contribution < 1.29 is 4.74 Å². The number of nitrogens with two attached hydrogens (primary N) is 2. The van der Waals surface area contributed by atoms with E-state index < -0.39 is 0 Å². The van der Waals surface area contributed by atoms with Crippen LogP contribution in [0.4, 0.5) is 10.1 Å². The van der Waals surface area contributed by atoms with Gasteiger partial charge in [-0.25, -0.2) is 16.7 Å². The first-order chi connectivity index (χ1) is 10.0. The summed E-state index contributed by atoms with van der Waals surface area (Å²) in [5.41, 5.74) is 3.20. The summed E-state index contributed by atoms with van der Waals surface area (Å²) in [6.07, 6.45) is 0. The highest BCUT2D eigenvalue weighted by atomic mass is 32.2. The molecule has 1 aromatic rings. The highest BCUT2D eigenvalue weighted by molar-refractivity contribution is 8.38. The number of thioether (sulfide) groups is 1. The number of aromatic nitrogens is 1. The fourth-order valence-corrected chi connectivity index (χ4v) is 4.04. The van der Waals surface area contributed by atoms with E-state index in [-0.39, 0.29) is 0 Å². The molecule has 0 spiro atoms. The van der Waals surface area contributed by atoms with Crippen LogP contribution in [0.2, 0.25) is 0 Å². The van der Waals surface area contributed by atoms with Gasteiger partial charge in [0, 0.05) is 13.1 Å². The number of thiazole rings is 1. The van der Waals surface area contributed by atoms with Crippen LogP contribution in [0.1, 0.15) is 5.69 Å². The van der Waals surface area contributed by atoms with Gasteiger partial charge in [-0.3, -0.25) is 5.01 Å². The van der Waals surface area contributed by atoms with E-state index in [1.165, 1.54) is 16.3 Å². The van der Waals surface area contributed by atoms with Crippen LogP contribution in [0.3, 0.4) is 0 Å². The third-order valence-corrected chi connectivity index (χ3v) is 5.46. The molecule has 11 heteroatoms. The molecule has 0 unspecified atom stereocenters. The summed E-state index contributed by atoms with van der Waals surface area (Å²) < 4.78 is 6.12. The van der Waals surface area contributed by atoms with E-state index in [1.807, 2.05) is 6.92 Å². The molecule has 1 saturated heterocycles. The SMILES string of the molecule is Cc1nc(N2CCOCC2)sc1N(N)C(=S)SC(=S)NN. The third-order valence-electron chi connectivity index (χ3n) is 2.76. The minimum Gasteiger partial charge on any atom is -0.378 e. The predicted molar refractivity (Wildman–Crippen MR) is 96.7 cm³/mol. The summed E-state index contributed by atoms with van der Waals surface area (Å²) in [6.45, 7) is 4.99. The molecule has 0 aromatic carbocycles. The Morgan fingerprint density at radius 3 is 2.76 bits per heavy atom. The number of rotatable bonds is 2. The lowest BCUT2D eigenvalue weighted by Gasteiger charge is -2.26. The van der Waals surface area contributed by atoms with Gasteiger partial charge in [-0.2, -0.15) is 0 Å². The molecule has 21 heavy (non-hydrogen) atoms. The van der Waals surface area contributed by atoms with Crippen LogP contribution in [0, 0.1) is 6.92 Å². The van der Waals surface area contributed by atoms with Crippen LogP contribution < -0.4 is 27.0 Å². The fourth-order valence-electron chi connectivity index (χ4n) is 1.73. The Labute approximate surface area is 141 Å². The van der Waals surface area contributed by atoms with Crippen LogP contribution >= 0.6 is 47.5 Å². The van der Waals surface area contributed by atoms with Crippen molar-refractivity contribution in [2.24, 2.45) is 11.7 Å². The Balaban J connectivity index is 2.10. The topological polar surface area (TPSA) is 92.7 Å². The number of morpholine rings is 1. The molecule has 0 aliphatic carbocycles. The normalized spacial score (nSPS) is 14.9. The van der Waals surface area contributed by atoms with Crippen molar-refractivity contribution in [2.45, 2.75) is 6.92 Å². The van der Waals surface area contributed by atoms with E-state index in [4.69, 9.17) is 40.9 Å². The number of hydrogen-bond donors (Lipinski definition) is 3. The molecule has 1 aromatic heterocycles. The molecule has 1 aliphatic heterocycles. The second kappa shape index (κ2) is 7.63. The van der Waals surface area contributed by atoms with Crippen molar-refractivity contribution in [1.29, 1.82) is 0 Å². The van der Waals surface area contributed by atoms with Gasteiger partial charge in [0.25, 0.3) is 0 Å². The second-order valence-electron chi connectivity index (χ2n) is 4.16.